The smallest absolute Gasteiger partial charge is 0.275 e. The molecular formula is C22H33N5O2Si. The number of aromatic nitrogens is 4. The lowest BCUT2D eigenvalue weighted by Gasteiger charge is -2.30. The normalized spacial score (nSPS) is 13.1. The monoisotopic (exact) mass is 427 g/mol. The van der Waals surface area contributed by atoms with Gasteiger partial charge in [0.25, 0.3) is 5.56 Å². The van der Waals surface area contributed by atoms with Crippen molar-refractivity contribution in [2.24, 2.45) is 0 Å². The van der Waals surface area contributed by atoms with Gasteiger partial charge in [0.15, 0.2) is 21.4 Å². The Morgan fingerprint density at radius 3 is 2.40 bits per heavy atom. The Morgan fingerprint density at radius 1 is 1.13 bits per heavy atom. The fraction of sp³-hybridized carbons (Fsp3) is 0.500. The molecule has 2 N–H and O–H groups in total. The number of hydrogen-bond acceptors (Lipinski definition) is 5. The SMILES string of the molecule is Cc1cc(Nc2nn(C(C)C)c(=O)c3cc(C(C)(C)O[SiH2]C(C)(C)C)ccc23)n[nH]1. The third-order valence-electron chi connectivity index (χ3n) is 4.92. The number of nitrogens with one attached hydrogen (secondary N) is 2. The maximum Gasteiger partial charge on any atom is 0.275 e. The van der Waals surface area contributed by atoms with E-state index in [1.54, 1.807) is 0 Å². The average Bonchev–Trinajstić information content (AvgIpc) is 3.06. The van der Waals surface area contributed by atoms with Crippen molar-refractivity contribution < 1.29 is 4.43 Å². The lowest BCUT2D eigenvalue weighted by atomic mass is 9.96. The molecule has 2 aromatic heterocycles. The summed E-state index contributed by atoms with van der Waals surface area (Å²) in [4.78, 5) is 13.2. The molecule has 162 valence electrons. The van der Waals surface area contributed by atoms with Gasteiger partial charge in [-0.2, -0.15) is 10.2 Å². The fourth-order valence-electron chi connectivity index (χ4n) is 3.16. The second kappa shape index (κ2) is 8.00. The zero-order chi connectivity index (χ0) is 22.3. The van der Waals surface area contributed by atoms with E-state index in [0.717, 1.165) is 16.6 Å². The van der Waals surface area contributed by atoms with Crippen LogP contribution in [0.2, 0.25) is 5.04 Å². The van der Waals surface area contributed by atoms with Gasteiger partial charge in [-0.3, -0.25) is 9.89 Å². The van der Waals surface area contributed by atoms with Crippen LogP contribution in [0.1, 0.15) is 65.8 Å². The van der Waals surface area contributed by atoms with E-state index in [-0.39, 0.29) is 16.6 Å². The van der Waals surface area contributed by atoms with Gasteiger partial charge in [0, 0.05) is 17.1 Å². The van der Waals surface area contributed by atoms with Crippen molar-refractivity contribution in [1.29, 1.82) is 0 Å². The van der Waals surface area contributed by atoms with Crippen molar-refractivity contribution in [3.05, 3.63) is 45.9 Å². The maximum atomic E-state index is 13.2. The predicted octanol–water partition coefficient (Wildman–Crippen LogP) is 4.31. The van der Waals surface area contributed by atoms with Crippen molar-refractivity contribution >= 4 is 32.2 Å². The predicted molar refractivity (Wildman–Crippen MR) is 125 cm³/mol. The second-order valence-corrected chi connectivity index (χ2v) is 12.6. The highest BCUT2D eigenvalue weighted by molar-refractivity contribution is 6.31. The lowest BCUT2D eigenvalue weighted by molar-refractivity contribution is 0.109. The van der Waals surface area contributed by atoms with E-state index in [1.807, 2.05) is 45.0 Å². The van der Waals surface area contributed by atoms with Crippen LogP contribution in [0, 0.1) is 6.92 Å². The number of benzene rings is 1. The number of nitrogens with zero attached hydrogens (tertiary/aromatic N) is 3. The maximum absolute atomic E-state index is 13.2. The van der Waals surface area contributed by atoms with Crippen LogP contribution < -0.4 is 10.9 Å². The first-order valence-electron chi connectivity index (χ1n) is 10.4. The minimum atomic E-state index is -0.745. The minimum Gasteiger partial charge on any atom is -0.415 e. The van der Waals surface area contributed by atoms with E-state index >= 15 is 0 Å². The summed E-state index contributed by atoms with van der Waals surface area (Å²) in [7, 11) is -0.745. The highest BCUT2D eigenvalue weighted by Crippen LogP contribution is 2.32. The van der Waals surface area contributed by atoms with Gasteiger partial charge >= 0.3 is 0 Å². The Labute approximate surface area is 180 Å². The number of H-pyrrole nitrogens is 1. The topological polar surface area (TPSA) is 84.8 Å². The van der Waals surface area contributed by atoms with Crippen LogP contribution in [0.4, 0.5) is 11.6 Å². The Bertz CT molecular complexity index is 1110. The average molecular weight is 428 g/mol. The molecule has 0 aliphatic carbocycles. The molecule has 7 nitrogen and oxygen atoms in total. The van der Waals surface area contributed by atoms with Gasteiger partial charge in [0.1, 0.15) is 0 Å². The van der Waals surface area contributed by atoms with Crippen LogP contribution >= 0.6 is 0 Å². The van der Waals surface area contributed by atoms with Gasteiger partial charge < -0.3 is 9.74 Å². The minimum absolute atomic E-state index is 0.0652. The Kier molecular flexibility index (Phi) is 5.93. The number of hydrogen-bond donors (Lipinski definition) is 2. The third-order valence-corrected chi connectivity index (χ3v) is 6.66. The van der Waals surface area contributed by atoms with Crippen LogP contribution in [0.3, 0.4) is 0 Å². The number of aromatic amines is 1. The molecule has 2 heterocycles. The molecule has 1 aromatic carbocycles. The highest BCUT2D eigenvalue weighted by atomic mass is 28.2. The van der Waals surface area contributed by atoms with Crippen LogP contribution in [0.15, 0.2) is 29.1 Å². The molecule has 0 saturated carbocycles. The molecule has 3 rings (SSSR count). The van der Waals surface area contributed by atoms with Crippen LogP contribution in [0.25, 0.3) is 10.8 Å². The number of aryl methyl sites for hydroxylation is 1. The molecule has 0 spiro atoms. The summed E-state index contributed by atoms with van der Waals surface area (Å²) < 4.78 is 7.88. The fourth-order valence-corrected chi connectivity index (χ4v) is 4.12. The van der Waals surface area contributed by atoms with Crippen LogP contribution in [-0.2, 0) is 10.0 Å². The van der Waals surface area contributed by atoms with E-state index in [4.69, 9.17) is 4.43 Å². The molecule has 30 heavy (non-hydrogen) atoms. The molecule has 0 saturated heterocycles. The Balaban J connectivity index is 2.11. The molecule has 8 heteroatoms. The molecule has 0 atom stereocenters. The van der Waals surface area contributed by atoms with E-state index in [1.165, 1.54) is 4.68 Å². The van der Waals surface area contributed by atoms with Gasteiger partial charge in [-0.25, -0.2) is 4.68 Å². The molecule has 0 aliphatic heterocycles. The zero-order valence-corrected chi connectivity index (χ0v) is 20.7. The summed E-state index contributed by atoms with van der Waals surface area (Å²) in [6.45, 7) is 16.6. The summed E-state index contributed by atoms with van der Waals surface area (Å²) in [6.07, 6.45) is 0. The molecule has 3 aromatic rings. The first-order chi connectivity index (χ1) is 13.9. The standard InChI is InChI=1S/C22H33N5O2Si/c1-13(2)27-20(28)17-12-15(22(7,8)29-30-21(4,5)6)9-10-16(17)19(26-27)23-18-11-14(3)24-25-18/h9-13H,30H2,1-8H3,(H2,23,24,25,26). The van der Waals surface area contributed by atoms with Crippen molar-refractivity contribution in [1.82, 2.24) is 20.0 Å². The van der Waals surface area contributed by atoms with Gasteiger partial charge in [0.05, 0.1) is 17.0 Å². The summed E-state index contributed by atoms with van der Waals surface area (Å²) in [5.74, 6) is 1.28. The molecule has 0 unspecified atom stereocenters. The molecule has 0 bridgehead atoms. The molecule has 0 amide bonds. The molecule has 0 radical (unpaired) electrons. The Morgan fingerprint density at radius 2 is 1.83 bits per heavy atom. The van der Waals surface area contributed by atoms with E-state index < -0.39 is 15.4 Å². The Hall–Kier alpha value is -2.45. The third kappa shape index (κ3) is 4.81. The molecular weight excluding hydrogens is 394 g/mol. The summed E-state index contributed by atoms with van der Waals surface area (Å²) in [5, 5.41) is 16.6. The molecule has 0 fully saturated rings. The van der Waals surface area contributed by atoms with E-state index in [0.29, 0.717) is 17.0 Å². The van der Waals surface area contributed by atoms with Crippen molar-refractivity contribution in [2.75, 3.05) is 5.32 Å². The first-order valence-corrected chi connectivity index (χ1v) is 11.7. The van der Waals surface area contributed by atoms with Gasteiger partial charge in [-0.1, -0.05) is 32.9 Å². The lowest BCUT2D eigenvalue weighted by Crippen LogP contribution is -2.29. The summed E-state index contributed by atoms with van der Waals surface area (Å²) in [5.41, 5.74) is 1.38. The quantitative estimate of drug-likeness (QED) is 0.573. The highest BCUT2D eigenvalue weighted by Gasteiger charge is 2.26. The first kappa shape index (κ1) is 22.2. The van der Waals surface area contributed by atoms with Gasteiger partial charge in [-0.15, -0.1) is 0 Å². The summed E-state index contributed by atoms with van der Waals surface area (Å²) in [6, 6.07) is 7.78. The van der Waals surface area contributed by atoms with Crippen molar-refractivity contribution in [2.45, 2.75) is 72.1 Å². The van der Waals surface area contributed by atoms with Crippen LogP contribution in [-0.4, -0.2) is 29.7 Å². The number of rotatable bonds is 6. The zero-order valence-electron chi connectivity index (χ0n) is 19.3. The van der Waals surface area contributed by atoms with Crippen molar-refractivity contribution in [3.63, 3.8) is 0 Å². The van der Waals surface area contributed by atoms with Gasteiger partial charge in [-0.05, 0) is 51.3 Å². The van der Waals surface area contributed by atoms with Crippen LogP contribution in [0.5, 0.6) is 0 Å². The summed E-state index contributed by atoms with van der Waals surface area (Å²) >= 11 is 0. The molecule has 0 aliphatic rings. The largest absolute Gasteiger partial charge is 0.415 e. The number of anilines is 2. The van der Waals surface area contributed by atoms with E-state index in [2.05, 4.69) is 55.2 Å². The second-order valence-electron chi connectivity index (χ2n) is 9.87. The van der Waals surface area contributed by atoms with E-state index in [9.17, 15) is 4.79 Å². The van der Waals surface area contributed by atoms with Crippen molar-refractivity contribution in [3.8, 4) is 0 Å². The van der Waals surface area contributed by atoms with Gasteiger partial charge in [0.2, 0.25) is 0 Å². The number of fused-ring (bicyclic) bond motifs is 1.